The minimum atomic E-state index is -4.91. The first kappa shape index (κ1) is 31.4. The monoisotopic (exact) mass is 627 g/mol. The van der Waals surface area contributed by atoms with Gasteiger partial charge in [-0.3, -0.25) is 5.01 Å². The number of hydrogen-bond acceptors (Lipinski definition) is 8. The van der Waals surface area contributed by atoms with E-state index in [2.05, 4.69) is 9.72 Å². The van der Waals surface area contributed by atoms with E-state index in [4.69, 9.17) is 16.3 Å². The van der Waals surface area contributed by atoms with Gasteiger partial charge in [0.05, 0.1) is 28.3 Å². The van der Waals surface area contributed by atoms with E-state index in [1.807, 2.05) is 0 Å². The number of anilines is 1. The second kappa shape index (κ2) is 12.0. The number of nitrogens with zero attached hydrogens (tertiary/aromatic N) is 3. The number of methoxy groups -OCH3 is 1. The molecule has 16 heteroatoms. The molecule has 3 aromatic carbocycles. The summed E-state index contributed by atoms with van der Waals surface area (Å²) in [5.74, 6) is 5.39. The summed E-state index contributed by atoms with van der Waals surface area (Å²) in [6.07, 6.45) is -6.90. The summed E-state index contributed by atoms with van der Waals surface area (Å²) in [7, 11) is -2.54. The van der Waals surface area contributed by atoms with Crippen molar-refractivity contribution in [1.29, 1.82) is 0 Å². The minimum absolute atomic E-state index is 0.0322. The highest BCUT2D eigenvalue weighted by Gasteiger charge is 2.34. The lowest BCUT2D eigenvalue weighted by atomic mass is 10.0. The van der Waals surface area contributed by atoms with Crippen molar-refractivity contribution in [2.75, 3.05) is 18.1 Å². The third kappa shape index (κ3) is 7.28. The van der Waals surface area contributed by atoms with E-state index in [1.54, 1.807) is 6.07 Å². The molecular weight excluding hydrogens is 604 g/mol. The smallest absolute Gasteiger partial charge is 0.406 e. The Morgan fingerprint density at radius 3 is 2.26 bits per heavy atom. The van der Waals surface area contributed by atoms with E-state index in [0.717, 1.165) is 40.4 Å². The number of rotatable bonds is 9. The zero-order valence-electron chi connectivity index (χ0n) is 22.1. The van der Waals surface area contributed by atoms with Gasteiger partial charge in [0, 0.05) is 25.1 Å². The van der Waals surface area contributed by atoms with Crippen molar-refractivity contribution in [3.63, 3.8) is 0 Å². The Balaban J connectivity index is 1.83. The molecule has 0 saturated carbocycles. The fourth-order valence-electron chi connectivity index (χ4n) is 4.08. The van der Waals surface area contributed by atoms with E-state index in [0.29, 0.717) is 11.1 Å². The van der Waals surface area contributed by atoms with Gasteiger partial charge in [-0.05, 0) is 59.7 Å². The Kier molecular flexibility index (Phi) is 8.75. The third-order valence-corrected chi connectivity index (χ3v) is 7.50. The van der Waals surface area contributed by atoms with Crippen LogP contribution in [0, 0.1) is 0 Å². The molecule has 0 aliphatic rings. The molecule has 0 spiro atoms. The van der Waals surface area contributed by atoms with E-state index in [1.165, 1.54) is 55.6 Å². The molecule has 0 radical (unpaired) electrons. The largest absolute Gasteiger partial charge is 0.573 e. The Bertz CT molecular complexity index is 1740. The van der Waals surface area contributed by atoms with Crippen LogP contribution in [0.25, 0.3) is 22.5 Å². The molecule has 4 N–H and O–H groups in total. The normalized spacial score (nSPS) is 12.8. The summed E-state index contributed by atoms with van der Waals surface area (Å²) in [5.41, 5.74) is 6.02. The maximum absolute atomic E-state index is 13.3. The first-order chi connectivity index (χ1) is 20.1. The average molecular weight is 628 g/mol. The highest BCUT2D eigenvalue weighted by molar-refractivity contribution is 7.91. The van der Waals surface area contributed by atoms with Gasteiger partial charge in [-0.1, -0.05) is 18.2 Å². The molecule has 228 valence electrons. The summed E-state index contributed by atoms with van der Waals surface area (Å²) in [6.45, 7) is 0. The van der Waals surface area contributed by atoms with E-state index in [9.17, 15) is 34.8 Å². The number of hydrogen-bond donors (Lipinski definition) is 2. The summed E-state index contributed by atoms with van der Waals surface area (Å²) in [5, 5.41) is 1.03. The van der Waals surface area contributed by atoms with E-state index >= 15 is 0 Å². The predicted molar refractivity (Wildman–Crippen MR) is 145 cm³/mol. The van der Waals surface area contributed by atoms with Gasteiger partial charge >= 0.3 is 12.5 Å². The van der Waals surface area contributed by atoms with Crippen LogP contribution in [-0.2, 0) is 20.8 Å². The van der Waals surface area contributed by atoms with Gasteiger partial charge in [0.15, 0.2) is 11.6 Å². The Morgan fingerprint density at radius 1 is 1.00 bits per heavy atom. The van der Waals surface area contributed by atoms with Crippen LogP contribution in [0.2, 0.25) is 0 Å². The molecular formula is C27H23F6N5O4S. The van der Waals surface area contributed by atoms with Crippen LogP contribution < -0.4 is 21.3 Å². The molecule has 0 atom stereocenters. The number of hydrazine groups is 1. The molecule has 0 aliphatic carbocycles. The number of imidazole rings is 1. The zero-order valence-corrected chi connectivity index (χ0v) is 22.9. The van der Waals surface area contributed by atoms with Crippen molar-refractivity contribution < 1.29 is 44.2 Å². The summed E-state index contributed by atoms with van der Waals surface area (Å²) < 4.78 is 113. The van der Waals surface area contributed by atoms with Crippen molar-refractivity contribution in [2.45, 2.75) is 17.4 Å². The topological polar surface area (TPSA) is 126 Å². The number of aromatic nitrogens is 2. The van der Waals surface area contributed by atoms with Gasteiger partial charge < -0.3 is 19.8 Å². The molecule has 0 saturated heterocycles. The number of halogens is 6. The molecule has 4 rings (SSSR count). The van der Waals surface area contributed by atoms with E-state index in [-0.39, 0.29) is 27.5 Å². The second-order valence-electron chi connectivity index (χ2n) is 8.91. The van der Waals surface area contributed by atoms with Crippen molar-refractivity contribution >= 4 is 21.2 Å². The Labute approximate surface area is 241 Å². The second-order valence-corrected chi connectivity index (χ2v) is 10.8. The van der Waals surface area contributed by atoms with Crippen molar-refractivity contribution in [1.82, 2.24) is 9.55 Å². The van der Waals surface area contributed by atoms with Crippen molar-refractivity contribution in [3.05, 3.63) is 96.7 Å². The third-order valence-electron chi connectivity index (χ3n) is 5.99. The van der Waals surface area contributed by atoms with Crippen molar-refractivity contribution in [3.8, 4) is 22.6 Å². The molecule has 0 fully saturated rings. The molecule has 9 nitrogen and oxygen atoms in total. The van der Waals surface area contributed by atoms with Gasteiger partial charge in [-0.15, -0.1) is 13.2 Å². The van der Waals surface area contributed by atoms with Gasteiger partial charge in [0.1, 0.15) is 5.75 Å². The summed E-state index contributed by atoms with van der Waals surface area (Å²) in [6, 6.07) is 14.9. The molecule has 0 bridgehead atoms. The molecule has 1 aromatic heterocycles. The lowest BCUT2D eigenvalue weighted by Crippen LogP contribution is -2.31. The van der Waals surface area contributed by atoms with Gasteiger partial charge in [0.2, 0.25) is 9.84 Å². The first-order valence-corrected chi connectivity index (χ1v) is 13.7. The fraction of sp³-hybridized carbons (Fsp3) is 0.148. The van der Waals surface area contributed by atoms with Crippen LogP contribution in [0.4, 0.5) is 32.0 Å². The molecule has 1 heterocycles. The van der Waals surface area contributed by atoms with E-state index < -0.39 is 39.8 Å². The number of nitrogens with two attached hydrogens (primary N) is 2. The maximum Gasteiger partial charge on any atom is 0.573 e. The molecule has 0 unspecified atom stereocenters. The lowest BCUT2D eigenvalue weighted by Gasteiger charge is -2.25. The average Bonchev–Trinajstić information content (AvgIpc) is 3.44. The molecule has 43 heavy (non-hydrogen) atoms. The van der Waals surface area contributed by atoms with Crippen LogP contribution in [0.15, 0.2) is 90.3 Å². The van der Waals surface area contributed by atoms with Gasteiger partial charge in [-0.25, -0.2) is 19.2 Å². The lowest BCUT2D eigenvalue weighted by molar-refractivity contribution is -0.274. The standard InChI is InChI=1S/C27H23F6N5O4S/c1-41-16-43(39,40)21-4-2-3-18(11-21)19-7-10-22(37-14-25(36-15-37)26(28,29)30)23(12-19)38(35)24(13-34)17-5-8-20(9-6-17)42-27(31,32)33/h2-15H,16,34-35H2,1H3/b24-13-. The maximum atomic E-state index is 13.3. The highest BCUT2D eigenvalue weighted by Crippen LogP contribution is 2.36. The number of benzene rings is 3. The fourth-order valence-corrected chi connectivity index (χ4v) is 5.12. The van der Waals surface area contributed by atoms with Crippen LogP contribution in [0.1, 0.15) is 11.3 Å². The molecule has 4 aromatic rings. The molecule has 0 amide bonds. The van der Waals surface area contributed by atoms with Crippen LogP contribution in [0.3, 0.4) is 0 Å². The zero-order chi connectivity index (χ0) is 31.6. The van der Waals surface area contributed by atoms with Crippen LogP contribution in [0.5, 0.6) is 5.75 Å². The first-order valence-electron chi connectivity index (χ1n) is 12.0. The predicted octanol–water partition coefficient (Wildman–Crippen LogP) is 5.47. The van der Waals surface area contributed by atoms with Gasteiger partial charge in [-0.2, -0.15) is 13.2 Å². The Hall–Kier alpha value is -4.54. The Morgan fingerprint density at radius 2 is 1.67 bits per heavy atom. The van der Waals surface area contributed by atoms with Crippen LogP contribution in [-0.4, -0.2) is 37.4 Å². The summed E-state index contributed by atoms with van der Waals surface area (Å²) in [4.78, 5) is 3.39. The van der Waals surface area contributed by atoms with Crippen LogP contribution >= 0.6 is 0 Å². The van der Waals surface area contributed by atoms with Gasteiger partial charge in [0.25, 0.3) is 0 Å². The van der Waals surface area contributed by atoms with Crippen molar-refractivity contribution in [2.24, 2.45) is 11.6 Å². The quantitative estimate of drug-likeness (QED) is 0.142. The SMILES string of the molecule is COCS(=O)(=O)c1cccc(-c2ccc(-n3cnc(C(F)(F)F)c3)c(N(N)/C(=C\N)c3ccc(OC(F)(F)F)cc3)c2)c1. The summed E-state index contributed by atoms with van der Waals surface area (Å²) >= 11 is 0. The number of ether oxygens (including phenoxy) is 2. The number of alkyl halides is 6. The minimum Gasteiger partial charge on any atom is -0.406 e. The highest BCUT2D eigenvalue weighted by atomic mass is 32.2. The molecule has 0 aliphatic heterocycles. The number of sulfone groups is 1.